The Balaban J connectivity index is 1.68. The summed E-state index contributed by atoms with van der Waals surface area (Å²) >= 11 is 0. The number of carbonyl (C=O) groups is 2. The van der Waals surface area contributed by atoms with Crippen LogP contribution in [-0.4, -0.2) is 41.3 Å². The molecule has 2 aromatic carbocycles. The standard InChI is InChI=1S/C28H29N3O2/c1-2-16-30-27(33)28(15-9-18-31(21-28)26(32)22-10-4-3-5-11-22)19-23-12-6-7-14-25(23)24-13-8-17-29-20-24/h2-8,10-14,17,20H,1,9,15-16,18-19,21H2,(H,30,33). The quantitative estimate of drug-likeness (QED) is 0.551. The van der Waals surface area contributed by atoms with Gasteiger partial charge >= 0.3 is 0 Å². The van der Waals surface area contributed by atoms with Crippen molar-refractivity contribution in [1.29, 1.82) is 0 Å². The molecule has 33 heavy (non-hydrogen) atoms. The van der Waals surface area contributed by atoms with Gasteiger partial charge in [-0.2, -0.15) is 0 Å². The zero-order valence-corrected chi connectivity index (χ0v) is 18.7. The lowest BCUT2D eigenvalue weighted by molar-refractivity contribution is -0.133. The highest BCUT2D eigenvalue weighted by atomic mass is 16.2. The van der Waals surface area contributed by atoms with E-state index >= 15 is 0 Å². The van der Waals surface area contributed by atoms with Crippen molar-refractivity contribution in [3.63, 3.8) is 0 Å². The monoisotopic (exact) mass is 439 g/mol. The van der Waals surface area contributed by atoms with Crippen molar-refractivity contribution < 1.29 is 9.59 Å². The van der Waals surface area contributed by atoms with Gasteiger partial charge in [0.25, 0.3) is 5.91 Å². The maximum absolute atomic E-state index is 13.5. The van der Waals surface area contributed by atoms with Crippen LogP contribution in [0.1, 0.15) is 28.8 Å². The largest absolute Gasteiger partial charge is 0.352 e. The van der Waals surface area contributed by atoms with Gasteiger partial charge in [-0.15, -0.1) is 6.58 Å². The molecule has 0 aliphatic carbocycles. The van der Waals surface area contributed by atoms with E-state index in [4.69, 9.17) is 0 Å². The maximum Gasteiger partial charge on any atom is 0.253 e. The average molecular weight is 440 g/mol. The van der Waals surface area contributed by atoms with Crippen LogP contribution in [0, 0.1) is 5.41 Å². The van der Waals surface area contributed by atoms with Crippen LogP contribution in [0.15, 0.2) is 91.8 Å². The molecule has 5 nitrogen and oxygen atoms in total. The Kier molecular flexibility index (Phi) is 6.98. The van der Waals surface area contributed by atoms with Gasteiger partial charge in [0.2, 0.25) is 5.91 Å². The van der Waals surface area contributed by atoms with Crippen LogP contribution in [0.2, 0.25) is 0 Å². The summed E-state index contributed by atoms with van der Waals surface area (Å²) in [6, 6.07) is 21.4. The molecule has 2 amide bonds. The third-order valence-corrected chi connectivity index (χ3v) is 6.29. The number of piperidine rings is 1. The van der Waals surface area contributed by atoms with Gasteiger partial charge in [-0.1, -0.05) is 54.6 Å². The molecule has 1 unspecified atom stereocenters. The summed E-state index contributed by atoms with van der Waals surface area (Å²) in [7, 11) is 0. The lowest BCUT2D eigenvalue weighted by Crippen LogP contribution is -2.54. The number of carbonyl (C=O) groups excluding carboxylic acids is 2. The van der Waals surface area contributed by atoms with Crippen molar-refractivity contribution >= 4 is 11.8 Å². The summed E-state index contributed by atoms with van der Waals surface area (Å²) in [6.45, 7) is 5.16. The molecule has 5 heteroatoms. The van der Waals surface area contributed by atoms with Gasteiger partial charge in [-0.25, -0.2) is 0 Å². The number of pyridine rings is 1. The normalized spacial score (nSPS) is 17.9. The molecular weight excluding hydrogens is 410 g/mol. The maximum atomic E-state index is 13.5. The molecule has 3 aromatic rings. The summed E-state index contributed by atoms with van der Waals surface area (Å²) in [5.41, 5.74) is 3.09. The highest BCUT2D eigenvalue weighted by Crippen LogP contribution is 2.37. The average Bonchev–Trinajstić information content (AvgIpc) is 2.88. The van der Waals surface area contributed by atoms with Crippen molar-refractivity contribution in [3.05, 3.63) is 103 Å². The van der Waals surface area contributed by atoms with E-state index in [0.29, 0.717) is 31.6 Å². The summed E-state index contributed by atoms with van der Waals surface area (Å²) < 4.78 is 0. The highest BCUT2D eigenvalue weighted by Gasteiger charge is 2.43. The molecule has 2 heterocycles. The van der Waals surface area contributed by atoms with Crippen LogP contribution in [0.3, 0.4) is 0 Å². The molecule has 1 saturated heterocycles. The van der Waals surface area contributed by atoms with Crippen LogP contribution in [-0.2, 0) is 11.2 Å². The number of aromatic nitrogens is 1. The third-order valence-electron chi connectivity index (χ3n) is 6.29. The number of benzene rings is 2. The van der Waals surface area contributed by atoms with Crippen molar-refractivity contribution in [1.82, 2.24) is 15.2 Å². The van der Waals surface area contributed by atoms with E-state index in [2.05, 4.69) is 29.0 Å². The Hall–Kier alpha value is -3.73. The second-order valence-electron chi connectivity index (χ2n) is 8.55. The van der Waals surface area contributed by atoms with Gasteiger partial charge in [0.05, 0.1) is 5.41 Å². The second-order valence-corrected chi connectivity index (χ2v) is 8.55. The van der Waals surface area contributed by atoms with Gasteiger partial charge < -0.3 is 10.2 Å². The van der Waals surface area contributed by atoms with E-state index in [1.165, 1.54) is 0 Å². The number of amides is 2. The molecule has 0 saturated carbocycles. The molecule has 4 rings (SSSR count). The number of hydrogen-bond acceptors (Lipinski definition) is 3. The van der Waals surface area contributed by atoms with Gasteiger partial charge in [-0.3, -0.25) is 14.6 Å². The highest BCUT2D eigenvalue weighted by molar-refractivity contribution is 5.95. The van der Waals surface area contributed by atoms with Crippen LogP contribution in [0.5, 0.6) is 0 Å². The van der Waals surface area contributed by atoms with E-state index < -0.39 is 5.41 Å². The first-order valence-electron chi connectivity index (χ1n) is 11.3. The van der Waals surface area contributed by atoms with Crippen molar-refractivity contribution in [2.45, 2.75) is 19.3 Å². The Labute approximate surface area is 195 Å². The molecule has 1 aliphatic rings. The van der Waals surface area contributed by atoms with Gasteiger partial charge in [-0.05, 0) is 48.6 Å². The number of nitrogens with one attached hydrogen (secondary N) is 1. The summed E-state index contributed by atoms with van der Waals surface area (Å²) in [5, 5.41) is 3.01. The Morgan fingerprint density at radius 3 is 2.61 bits per heavy atom. The van der Waals surface area contributed by atoms with Crippen molar-refractivity contribution in [2.24, 2.45) is 5.41 Å². The summed E-state index contributed by atoms with van der Waals surface area (Å²) in [5.74, 6) is -0.0642. The first-order valence-corrected chi connectivity index (χ1v) is 11.3. The zero-order valence-electron chi connectivity index (χ0n) is 18.7. The Bertz CT molecular complexity index is 1110. The zero-order chi connectivity index (χ0) is 23.1. The van der Waals surface area contributed by atoms with Crippen LogP contribution >= 0.6 is 0 Å². The number of rotatable bonds is 7. The molecule has 1 N–H and O–H groups in total. The minimum absolute atomic E-state index is 0.0308. The lowest BCUT2D eigenvalue weighted by Gasteiger charge is -2.42. The fourth-order valence-corrected chi connectivity index (χ4v) is 4.67. The minimum atomic E-state index is -0.718. The predicted octanol–water partition coefficient (Wildman–Crippen LogP) is 4.52. The smallest absolute Gasteiger partial charge is 0.253 e. The number of nitrogens with zero attached hydrogens (tertiary/aromatic N) is 2. The van der Waals surface area contributed by atoms with E-state index in [9.17, 15) is 9.59 Å². The van der Waals surface area contributed by atoms with Gasteiger partial charge in [0.1, 0.15) is 0 Å². The first-order chi connectivity index (χ1) is 16.1. The molecular formula is C28H29N3O2. The molecule has 1 fully saturated rings. The van der Waals surface area contributed by atoms with Gasteiger partial charge in [0.15, 0.2) is 0 Å². The Morgan fingerprint density at radius 2 is 1.85 bits per heavy atom. The molecule has 1 aliphatic heterocycles. The van der Waals surface area contributed by atoms with Crippen LogP contribution in [0.25, 0.3) is 11.1 Å². The lowest BCUT2D eigenvalue weighted by atomic mass is 9.73. The molecule has 0 spiro atoms. The molecule has 0 radical (unpaired) electrons. The van der Waals surface area contributed by atoms with E-state index in [1.807, 2.05) is 65.7 Å². The molecule has 168 valence electrons. The fourth-order valence-electron chi connectivity index (χ4n) is 4.67. The second kappa shape index (κ2) is 10.3. The fraction of sp³-hybridized carbons (Fsp3) is 0.250. The van der Waals surface area contributed by atoms with Crippen molar-refractivity contribution in [3.8, 4) is 11.1 Å². The van der Waals surface area contributed by atoms with E-state index in [1.54, 1.807) is 12.3 Å². The molecule has 0 bridgehead atoms. The molecule has 1 aromatic heterocycles. The van der Waals surface area contributed by atoms with E-state index in [0.717, 1.165) is 29.5 Å². The first kappa shape index (κ1) is 22.5. The van der Waals surface area contributed by atoms with Crippen LogP contribution < -0.4 is 5.32 Å². The van der Waals surface area contributed by atoms with Crippen molar-refractivity contribution in [2.75, 3.05) is 19.6 Å². The topological polar surface area (TPSA) is 62.3 Å². The summed E-state index contributed by atoms with van der Waals surface area (Å²) in [4.78, 5) is 32.9. The molecule has 1 atom stereocenters. The predicted molar refractivity (Wildman–Crippen MR) is 131 cm³/mol. The van der Waals surface area contributed by atoms with Crippen LogP contribution in [0.4, 0.5) is 0 Å². The van der Waals surface area contributed by atoms with Gasteiger partial charge in [0, 0.05) is 43.2 Å². The minimum Gasteiger partial charge on any atom is -0.352 e. The van der Waals surface area contributed by atoms with E-state index in [-0.39, 0.29) is 11.8 Å². The summed E-state index contributed by atoms with van der Waals surface area (Å²) in [6.07, 6.45) is 7.31. The third kappa shape index (κ3) is 5.03. The number of likely N-dealkylation sites (tertiary alicyclic amines) is 1. The Morgan fingerprint density at radius 1 is 1.06 bits per heavy atom. The SMILES string of the molecule is C=CCNC(=O)C1(Cc2ccccc2-c2cccnc2)CCCN(C(=O)c2ccccc2)C1. The number of hydrogen-bond donors (Lipinski definition) is 1.